The second kappa shape index (κ2) is 10.8. The number of hydrogen-bond donors (Lipinski definition) is 2. The van der Waals surface area contributed by atoms with E-state index in [1.54, 1.807) is 18.2 Å². The summed E-state index contributed by atoms with van der Waals surface area (Å²) in [5.41, 5.74) is 1.78. The van der Waals surface area contributed by atoms with Gasteiger partial charge in [-0.05, 0) is 68.8 Å². The van der Waals surface area contributed by atoms with Gasteiger partial charge in [-0.15, -0.1) is 0 Å². The van der Waals surface area contributed by atoms with Crippen LogP contribution in [0.4, 0.5) is 21.6 Å². The third-order valence-electron chi connectivity index (χ3n) is 6.30. The molecule has 2 aromatic carbocycles. The van der Waals surface area contributed by atoms with Crippen molar-refractivity contribution in [3.8, 4) is 5.75 Å². The zero-order chi connectivity index (χ0) is 25.1. The zero-order valence-corrected chi connectivity index (χ0v) is 20.9. The lowest BCUT2D eigenvalue weighted by atomic mass is 10.1. The highest BCUT2D eigenvalue weighted by molar-refractivity contribution is 6.31. The molecule has 2 aliphatic rings. The average Bonchev–Trinajstić information content (AvgIpc) is 3.77. The van der Waals surface area contributed by atoms with Crippen molar-refractivity contribution in [3.05, 3.63) is 59.7 Å². The number of halogens is 2. The van der Waals surface area contributed by atoms with Crippen molar-refractivity contribution >= 4 is 45.6 Å². The van der Waals surface area contributed by atoms with Gasteiger partial charge < -0.3 is 20.3 Å². The summed E-state index contributed by atoms with van der Waals surface area (Å²) >= 11 is 5.93. The van der Waals surface area contributed by atoms with Gasteiger partial charge in [0, 0.05) is 36.3 Å². The Kier molecular flexibility index (Phi) is 7.34. The van der Waals surface area contributed by atoms with E-state index in [1.807, 2.05) is 12.1 Å². The fraction of sp³-hybridized carbons (Fsp3) is 0.370. The molecule has 0 spiro atoms. The maximum Gasteiger partial charge on any atom is 0.248 e. The fourth-order valence-corrected chi connectivity index (χ4v) is 4.11. The molecule has 0 unspecified atom stereocenters. The summed E-state index contributed by atoms with van der Waals surface area (Å²) in [4.78, 5) is 23.7. The van der Waals surface area contributed by atoms with E-state index in [1.165, 1.54) is 31.3 Å². The van der Waals surface area contributed by atoms with Crippen molar-refractivity contribution in [1.82, 2.24) is 14.9 Å². The molecule has 2 N–H and O–H groups in total. The standard InChI is InChI=1S/C27H29ClFN5O2/c1-34(14-17-4-5-17)10-2-3-26(35)33-24-12-20-23(13-25(24)36-15-18-6-7-18)30-16-31-27(20)32-19-8-9-22(29)21(28)11-19/h2-3,8-9,11-13,16-18H,4-7,10,14-15H2,1H3,(H,33,35)(H,30,31,32). The van der Waals surface area contributed by atoms with E-state index in [-0.39, 0.29) is 10.9 Å². The maximum atomic E-state index is 13.6. The lowest BCUT2D eigenvalue weighted by Crippen LogP contribution is -2.21. The Bertz CT molecular complexity index is 1290. The SMILES string of the molecule is CN(CC=CC(=O)Nc1cc2c(Nc3ccc(F)c(Cl)c3)ncnc2cc1OCC1CC1)CC1CC1. The number of nitrogens with one attached hydrogen (secondary N) is 2. The second-order valence-corrected chi connectivity index (χ2v) is 10.1. The van der Waals surface area contributed by atoms with Crippen molar-refractivity contribution in [3.63, 3.8) is 0 Å². The lowest BCUT2D eigenvalue weighted by molar-refractivity contribution is -0.111. The van der Waals surface area contributed by atoms with Gasteiger partial charge in [0.05, 0.1) is 22.8 Å². The highest BCUT2D eigenvalue weighted by atomic mass is 35.5. The van der Waals surface area contributed by atoms with Gasteiger partial charge in [-0.25, -0.2) is 14.4 Å². The summed E-state index contributed by atoms with van der Waals surface area (Å²) < 4.78 is 19.6. The van der Waals surface area contributed by atoms with Crippen molar-refractivity contribution in [1.29, 1.82) is 0 Å². The molecular formula is C27H29ClFN5O2. The number of fused-ring (bicyclic) bond motifs is 1. The molecule has 1 heterocycles. The Hall–Kier alpha value is -3.23. The summed E-state index contributed by atoms with van der Waals surface area (Å²) in [6, 6.07) is 7.97. The van der Waals surface area contributed by atoms with Gasteiger partial charge in [0.15, 0.2) is 0 Å². The summed E-state index contributed by atoms with van der Waals surface area (Å²) in [6.07, 6.45) is 9.78. The Morgan fingerprint density at radius 2 is 2.00 bits per heavy atom. The van der Waals surface area contributed by atoms with Crippen molar-refractivity contribution in [2.75, 3.05) is 37.4 Å². The van der Waals surface area contributed by atoms with E-state index in [2.05, 4.69) is 32.5 Å². The third-order valence-corrected chi connectivity index (χ3v) is 6.59. The van der Waals surface area contributed by atoms with Crippen LogP contribution in [0.5, 0.6) is 5.75 Å². The normalized spacial score (nSPS) is 15.6. The first-order valence-corrected chi connectivity index (χ1v) is 12.6. The molecule has 7 nitrogen and oxygen atoms in total. The van der Waals surface area contributed by atoms with Gasteiger partial charge in [0.2, 0.25) is 5.91 Å². The minimum absolute atomic E-state index is 0.0108. The van der Waals surface area contributed by atoms with E-state index >= 15 is 0 Å². The smallest absolute Gasteiger partial charge is 0.248 e. The number of carbonyl (C=O) groups is 1. The number of rotatable bonds is 11. The number of amides is 1. The van der Waals surface area contributed by atoms with Crippen LogP contribution >= 0.6 is 11.6 Å². The van der Waals surface area contributed by atoms with Gasteiger partial charge >= 0.3 is 0 Å². The molecule has 0 bridgehead atoms. The topological polar surface area (TPSA) is 79.4 Å². The maximum absolute atomic E-state index is 13.6. The number of hydrogen-bond acceptors (Lipinski definition) is 6. The fourth-order valence-electron chi connectivity index (χ4n) is 3.93. The van der Waals surface area contributed by atoms with Gasteiger partial charge in [0.25, 0.3) is 0 Å². The monoisotopic (exact) mass is 509 g/mol. The molecule has 0 aliphatic heterocycles. The molecule has 2 saturated carbocycles. The highest BCUT2D eigenvalue weighted by Crippen LogP contribution is 2.36. The van der Waals surface area contributed by atoms with E-state index in [9.17, 15) is 9.18 Å². The van der Waals surface area contributed by atoms with Crippen LogP contribution in [-0.4, -0.2) is 47.5 Å². The first-order chi connectivity index (χ1) is 17.4. The van der Waals surface area contributed by atoms with E-state index < -0.39 is 5.82 Å². The summed E-state index contributed by atoms with van der Waals surface area (Å²) in [5, 5.41) is 6.82. The molecule has 3 aromatic rings. The molecule has 0 atom stereocenters. The van der Waals surface area contributed by atoms with Gasteiger partial charge in [0.1, 0.15) is 23.7 Å². The predicted molar refractivity (Wildman–Crippen MR) is 140 cm³/mol. The molecule has 2 fully saturated rings. The highest BCUT2D eigenvalue weighted by Gasteiger charge is 2.23. The van der Waals surface area contributed by atoms with Gasteiger partial charge in [-0.3, -0.25) is 4.79 Å². The minimum atomic E-state index is -0.496. The first-order valence-electron chi connectivity index (χ1n) is 12.2. The summed E-state index contributed by atoms with van der Waals surface area (Å²) in [7, 11) is 2.07. The Morgan fingerprint density at radius 1 is 1.19 bits per heavy atom. The molecule has 1 amide bonds. The predicted octanol–water partition coefficient (Wildman–Crippen LogP) is 5.79. The number of carbonyl (C=O) groups excluding carboxylic acids is 1. The Morgan fingerprint density at radius 3 is 2.75 bits per heavy atom. The zero-order valence-electron chi connectivity index (χ0n) is 20.1. The number of ether oxygens (including phenoxy) is 1. The van der Waals surface area contributed by atoms with Crippen molar-refractivity contribution < 1.29 is 13.9 Å². The van der Waals surface area contributed by atoms with Crippen molar-refractivity contribution in [2.45, 2.75) is 25.7 Å². The number of likely N-dealkylation sites (N-methyl/N-ethyl adjacent to an activating group) is 1. The van der Waals surface area contributed by atoms with Crippen molar-refractivity contribution in [2.24, 2.45) is 11.8 Å². The average molecular weight is 510 g/mol. The summed E-state index contributed by atoms with van der Waals surface area (Å²) in [5.74, 6) is 1.70. The van der Waals surface area contributed by atoms with Crippen LogP contribution in [0.3, 0.4) is 0 Å². The number of benzene rings is 2. The van der Waals surface area contributed by atoms with Crippen LogP contribution in [0.15, 0.2) is 48.8 Å². The first kappa shape index (κ1) is 24.5. The minimum Gasteiger partial charge on any atom is -0.491 e. The molecule has 36 heavy (non-hydrogen) atoms. The van der Waals surface area contributed by atoms with E-state index in [0.717, 1.165) is 31.8 Å². The molecular weight excluding hydrogens is 481 g/mol. The number of nitrogens with zero attached hydrogens (tertiary/aromatic N) is 3. The lowest BCUT2D eigenvalue weighted by Gasteiger charge is -2.15. The third kappa shape index (κ3) is 6.50. The molecule has 1 aromatic heterocycles. The molecule has 5 rings (SSSR count). The van der Waals surface area contributed by atoms with Crippen LogP contribution in [0.2, 0.25) is 5.02 Å². The van der Waals surface area contributed by atoms with Crippen LogP contribution in [0.1, 0.15) is 25.7 Å². The number of aromatic nitrogens is 2. The Labute approximate surface area is 214 Å². The molecule has 0 radical (unpaired) electrons. The van der Waals surface area contributed by atoms with Crippen LogP contribution < -0.4 is 15.4 Å². The Balaban J connectivity index is 1.37. The molecule has 2 aliphatic carbocycles. The van der Waals surface area contributed by atoms with Crippen LogP contribution in [0, 0.1) is 17.7 Å². The van der Waals surface area contributed by atoms with Gasteiger partial charge in [-0.2, -0.15) is 0 Å². The summed E-state index contributed by atoms with van der Waals surface area (Å²) in [6.45, 7) is 2.38. The number of anilines is 3. The van der Waals surface area contributed by atoms with Gasteiger partial charge in [-0.1, -0.05) is 17.7 Å². The second-order valence-electron chi connectivity index (χ2n) is 9.65. The quantitative estimate of drug-likeness (QED) is 0.318. The van der Waals surface area contributed by atoms with E-state index in [0.29, 0.717) is 46.4 Å². The van der Waals surface area contributed by atoms with Crippen LogP contribution in [0.25, 0.3) is 10.9 Å². The molecule has 9 heteroatoms. The largest absolute Gasteiger partial charge is 0.491 e. The van der Waals surface area contributed by atoms with Crippen LogP contribution in [-0.2, 0) is 4.79 Å². The van der Waals surface area contributed by atoms with E-state index in [4.69, 9.17) is 16.3 Å². The molecule has 0 saturated heterocycles. The molecule has 188 valence electrons.